The van der Waals surface area contributed by atoms with E-state index in [1.807, 2.05) is 6.07 Å². The van der Waals surface area contributed by atoms with Crippen LogP contribution in [0.2, 0.25) is 5.02 Å². The lowest BCUT2D eigenvalue weighted by Crippen LogP contribution is -2.42. The Labute approximate surface area is 205 Å². The Kier molecular flexibility index (Phi) is 6.81. The van der Waals surface area contributed by atoms with Gasteiger partial charge in [0.1, 0.15) is 11.5 Å². The molecule has 2 heterocycles. The van der Waals surface area contributed by atoms with E-state index in [-0.39, 0.29) is 47.6 Å². The first kappa shape index (κ1) is 23.9. The monoisotopic (exact) mass is 490 g/mol. The summed E-state index contributed by atoms with van der Waals surface area (Å²) in [5, 5.41) is 22.6. The number of nitriles is 2. The van der Waals surface area contributed by atoms with Crippen LogP contribution in [0.25, 0.3) is 11.3 Å². The second-order valence-corrected chi connectivity index (χ2v) is 8.63. The van der Waals surface area contributed by atoms with Gasteiger partial charge in [0.05, 0.1) is 53.0 Å². The number of rotatable bonds is 6. The lowest BCUT2D eigenvalue weighted by atomic mass is 10.0. The van der Waals surface area contributed by atoms with Gasteiger partial charge in [0, 0.05) is 18.5 Å². The molecule has 0 saturated heterocycles. The van der Waals surface area contributed by atoms with Gasteiger partial charge in [-0.3, -0.25) is 14.3 Å². The molecule has 2 aromatic carbocycles. The highest BCUT2D eigenvalue weighted by Gasteiger charge is 2.34. The zero-order valence-electron chi connectivity index (χ0n) is 18.5. The lowest BCUT2D eigenvalue weighted by molar-refractivity contribution is -0.132. The summed E-state index contributed by atoms with van der Waals surface area (Å²) in [6.07, 6.45) is 0.746. The maximum atomic E-state index is 13.7. The van der Waals surface area contributed by atoms with Gasteiger partial charge < -0.3 is 10.6 Å². The van der Waals surface area contributed by atoms with E-state index in [4.69, 9.17) is 27.9 Å². The molecule has 1 aromatic heterocycles. The Morgan fingerprint density at radius 1 is 1.20 bits per heavy atom. The fourth-order valence-corrected chi connectivity index (χ4v) is 4.40. The number of benzene rings is 2. The van der Waals surface area contributed by atoms with Gasteiger partial charge in [-0.05, 0) is 42.3 Å². The average Bonchev–Trinajstić information content (AvgIpc) is 3.24. The van der Waals surface area contributed by atoms with Crippen LogP contribution in [0, 0.1) is 28.5 Å². The summed E-state index contributed by atoms with van der Waals surface area (Å²) < 4.78 is 15.4. The molecule has 0 radical (unpaired) electrons. The summed E-state index contributed by atoms with van der Waals surface area (Å²) >= 11 is 5.95. The third-order valence-electron chi connectivity index (χ3n) is 5.95. The average molecular weight is 491 g/mol. The zero-order valence-corrected chi connectivity index (χ0v) is 19.3. The second-order valence-electron chi connectivity index (χ2n) is 8.22. The molecule has 10 heteroatoms. The van der Waals surface area contributed by atoms with Gasteiger partial charge in [0.15, 0.2) is 0 Å². The Morgan fingerprint density at radius 2 is 1.94 bits per heavy atom. The summed E-state index contributed by atoms with van der Waals surface area (Å²) in [6.45, 7) is 0.394. The topological polar surface area (TPSA) is 129 Å². The van der Waals surface area contributed by atoms with Crippen molar-refractivity contribution in [3.8, 4) is 23.4 Å². The number of halogens is 2. The smallest absolute Gasteiger partial charge is 0.252 e. The number of hydrogen-bond donors (Lipinski definition) is 1. The van der Waals surface area contributed by atoms with Crippen LogP contribution < -0.4 is 5.73 Å². The summed E-state index contributed by atoms with van der Waals surface area (Å²) in [6, 6.07) is 14.6. The SMILES string of the molecule is N#CCCC1CN(C(=O)Cc2ccc(C#N)cc2)Cc2c(C(N)=O)c(-c3ccc(F)c(Cl)c3)nn21. The van der Waals surface area contributed by atoms with Crippen molar-refractivity contribution in [2.75, 3.05) is 6.54 Å². The Morgan fingerprint density at radius 3 is 2.57 bits per heavy atom. The van der Waals surface area contributed by atoms with E-state index >= 15 is 0 Å². The number of nitrogens with zero attached hydrogens (tertiary/aromatic N) is 5. The number of primary amides is 1. The molecule has 35 heavy (non-hydrogen) atoms. The number of amides is 2. The molecule has 0 spiro atoms. The number of hydrogen-bond acceptors (Lipinski definition) is 5. The standard InChI is InChI=1S/C25H20ClFN6O2/c26-19-11-17(7-8-20(19)27)24-23(25(30)35)21-14-32(13-18(2-1-9-28)33(21)31-24)22(34)10-15-3-5-16(12-29)6-4-15/h3-8,11,18H,1-2,10,13-14H2,(H2,30,35). The molecule has 0 aliphatic carbocycles. The number of aromatic nitrogens is 2. The quantitative estimate of drug-likeness (QED) is 0.562. The molecule has 1 aliphatic heterocycles. The van der Waals surface area contributed by atoms with Gasteiger partial charge >= 0.3 is 0 Å². The van der Waals surface area contributed by atoms with E-state index < -0.39 is 11.7 Å². The maximum Gasteiger partial charge on any atom is 0.252 e. The van der Waals surface area contributed by atoms with Crippen LogP contribution in [0.3, 0.4) is 0 Å². The molecule has 176 valence electrons. The van der Waals surface area contributed by atoms with E-state index in [0.29, 0.717) is 29.8 Å². The first-order valence-electron chi connectivity index (χ1n) is 10.8. The van der Waals surface area contributed by atoms with Gasteiger partial charge in [-0.25, -0.2) is 4.39 Å². The number of carbonyl (C=O) groups excluding carboxylic acids is 2. The molecule has 0 fully saturated rings. The second kappa shape index (κ2) is 9.96. The van der Waals surface area contributed by atoms with Crippen LogP contribution in [0.1, 0.15) is 46.1 Å². The molecule has 2 amide bonds. The normalized spacial score (nSPS) is 14.6. The highest BCUT2D eigenvalue weighted by atomic mass is 35.5. The highest BCUT2D eigenvalue weighted by Crippen LogP contribution is 2.34. The third kappa shape index (κ3) is 4.86. The van der Waals surface area contributed by atoms with Crippen LogP contribution in [0.4, 0.5) is 4.39 Å². The van der Waals surface area contributed by atoms with Crippen molar-refractivity contribution < 1.29 is 14.0 Å². The molecule has 4 rings (SSSR count). The van der Waals surface area contributed by atoms with Crippen LogP contribution >= 0.6 is 11.6 Å². The van der Waals surface area contributed by atoms with E-state index in [2.05, 4.69) is 11.2 Å². The molecule has 2 N–H and O–H groups in total. The minimum absolute atomic E-state index is 0.0956. The molecule has 0 saturated carbocycles. The summed E-state index contributed by atoms with van der Waals surface area (Å²) in [7, 11) is 0. The fourth-order valence-electron chi connectivity index (χ4n) is 4.22. The van der Waals surface area contributed by atoms with E-state index in [9.17, 15) is 14.0 Å². The third-order valence-corrected chi connectivity index (χ3v) is 6.24. The molecular weight excluding hydrogens is 471 g/mol. The molecule has 1 aliphatic rings. The fraction of sp³-hybridized carbons (Fsp3) is 0.240. The van der Waals surface area contributed by atoms with Crippen LogP contribution in [-0.2, 0) is 17.8 Å². The van der Waals surface area contributed by atoms with E-state index in [0.717, 1.165) is 5.56 Å². The van der Waals surface area contributed by atoms with Gasteiger partial charge in [-0.15, -0.1) is 0 Å². The first-order chi connectivity index (χ1) is 16.8. The molecule has 1 atom stereocenters. The van der Waals surface area contributed by atoms with Crippen molar-refractivity contribution in [3.05, 3.63) is 75.7 Å². The molecule has 8 nitrogen and oxygen atoms in total. The van der Waals surface area contributed by atoms with Crippen molar-refractivity contribution in [2.24, 2.45) is 5.73 Å². The minimum atomic E-state index is -0.734. The van der Waals surface area contributed by atoms with Crippen molar-refractivity contribution in [3.63, 3.8) is 0 Å². The van der Waals surface area contributed by atoms with Crippen molar-refractivity contribution in [1.29, 1.82) is 10.5 Å². The van der Waals surface area contributed by atoms with E-state index in [1.54, 1.807) is 33.8 Å². The predicted octanol–water partition coefficient (Wildman–Crippen LogP) is 3.74. The summed E-state index contributed by atoms with van der Waals surface area (Å²) in [5.74, 6) is -1.51. The van der Waals surface area contributed by atoms with Crippen LogP contribution in [-0.4, -0.2) is 33.0 Å². The van der Waals surface area contributed by atoms with Crippen molar-refractivity contribution in [2.45, 2.75) is 31.8 Å². The zero-order chi connectivity index (χ0) is 25.1. The molecule has 0 bridgehead atoms. The first-order valence-corrected chi connectivity index (χ1v) is 11.2. The molecular formula is C25H20ClFN6O2. The largest absolute Gasteiger partial charge is 0.365 e. The summed E-state index contributed by atoms with van der Waals surface area (Å²) in [5.41, 5.74) is 8.22. The number of carbonyl (C=O) groups is 2. The Bertz CT molecular complexity index is 1390. The van der Waals surface area contributed by atoms with Crippen molar-refractivity contribution >= 4 is 23.4 Å². The Hall–Kier alpha value is -4.21. The highest BCUT2D eigenvalue weighted by molar-refractivity contribution is 6.31. The molecule has 3 aromatic rings. The maximum absolute atomic E-state index is 13.7. The van der Waals surface area contributed by atoms with Gasteiger partial charge in [-0.1, -0.05) is 23.7 Å². The number of fused-ring (bicyclic) bond motifs is 1. The minimum Gasteiger partial charge on any atom is -0.365 e. The van der Waals surface area contributed by atoms with Gasteiger partial charge in [0.25, 0.3) is 5.91 Å². The summed E-state index contributed by atoms with van der Waals surface area (Å²) in [4.78, 5) is 27.3. The lowest BCUT2D eigenvalue weighted by Gasteiger charge is -2.34. The van der Waals surface area contributed by atoms with Crippen molar-refractivity contribution in [1.82, 2.24) is 14.7 Å². The van der Waals surface area contributed by atoms with Crippen LogP contribution in [0.15, 0.2) is 42.5 Å². The van der Waals surface area contributed by atoms with Crippen LogP contribution in [0.5, 0.6) is 0 Å². The number of nitrogens with two attached hydrogens (primary N) is 1. The Balaban J connectivity index is 1.72. The molecule has 1 unspecified atom stereocenters. The predicted molar refractivity (Wildman–Crippen MR) is 125 cm³/mol. The van der Waals surface area contributed by atoms with E-state index in [1.165, 1.54) is 18.2 Å². The van der Waals surface area contributed by atoms with Gasteiger partial charge in [-0.2, -0.15) is 15.6 Å². The van der Waals surface area contributed by atoms with Gasteiger partial charge in [0.2, 0.25) is 5.91 Å².